The number of anilines is 1. The van der Waals surface area contributed by atoms with Crippen molar-refractivity contribution < 1.29 is 9.66 Å². The standard InChI is InChI=1S/C12H9IN2O3/c13-9-7-8(15(16)17)5-6-11(9)18-12-4-2-1-3-10(12)14/h1-7H,14H2. The van der Waals surface area contributed by atoms with E-state index in [0.717, 1.165) is 0 Å². The molecule has 0 heterocycles. The van der Waals surface area contributed by atoms with Gasteiger partial charge in [-0.05, 0) is 40.8 Å². The molecule has 2 aromatic rings. The van der Waals surface area contributed by atoms with Crippen LogP contribution in [-0.4, -0.2) is 4.92 Å². The summed E-state index contributed by atoms with van der Waals surface area (Å²) < 4.78 is 6.28. The van der Waals surface area contributed by atoms with Gasteiger partial charge in [-0.1, -0.05) is 12.1 Å². The molecule has 2 N–H and O–H groups in total. The van der Waals surface area contributed by atoms with Crippen LogP contribution in [0.4, 0.5) is 11.4 Å². The zero-order valence-electron chi connectivity index (χ0n) is 9.17. The Labute approximate surface area is 117 Å². The number of hydrogen-bond acceptors (Lipinski definition) is 4. The van der Waals surface area contributed by atoms with Crippen molar-refractivity contribution in [2.24, 2.45) is 0 Å². The number of nitrogens with zero attached hydrogens (tertiary/aromatic N) is 1. The predicted molar refractivity (Wildman–Crippen MR) is 76.7 cm³/mol. The van der Waals surface area contributed by atoms with E-state index in [4.69, 9.17) is 10.5 Å². The van der Waals surface area contributed by atoms with Crippen molar-refractivity contribution in [3.8, 4) is 11.5 Å². The second kappa shape index (κ2) is 5.21. The number of para-hydroxylation sites is 2. The van der Waals surface area contributed by atoms with E-state index >= 15 is 0 Å². The molecular weight excluding hydrogens is 347 g/mol. The third kappa shape index (κ3) is 2.70. The molecular formula is C12H9IN2O3. The fourth-order valence-corrected chi connectivity index (χ4v) is 1.99. The van der Waals surface area contributed by atoms with Gasteiger partial charge in [0.05, 0.1) is 14.2 Å². The summed E-state index contributed by atoms with van der Waals surface area (Å²) in [7, 11) is 0. The highest BCUT2D eigenvalue weighted by Crippen LogP contribution is 2.32. The SMILES string of the molecule is Nc1ccccc1Oc1ccc([N+](=O)[O-])cc1I. The smallest absolute Gasteiger partial charge is 0.270 e. The topological polar surface area (TPSA) is 78.4 Å². The maximum Gasteiger partial charge on any atom is 0.270 e. The van der Waals surface area contributed by atoms with Crippen LogP contribution in [-0.2, 0) is 0 Å². The molecule has 0 atom stereocenters. The molecule has 0 bridgehead atoms. The molecule has 0 amide bonds. The van der Waals surface area contributed by atoms with Gasteiger partial charge in [0.2, 0.25) is 0 Å². The van der Waals surface area contributed by atoms with E-state index in [-0.39, 0.29) is 5.69 Å². The van der Waals surface area contributed by atoms with Gasteiger partial charge < -0.3 is 10.5 Å². The highest BCUT2D eigenvalue weighted by Gasteiger charge is 2.11. The highest BCUT2D eigenvalue weighted by molar-refractivity contribution is 14.1. The average Bonchev–Trinajstić information content (AvgIpc) is 2.34. The summed E-state index contributed by atoms with van der Waals surface area (Å²) in [5.74, 6) is 1.07. The van der Waals surface area contributed by atoms with Crippen molar-refractivity contribution in [3.63, 3.8) is 0 Å². The third-order valence-electron chi connectivity index (χ3n) is 2.27. The lowest BCUT2D eigenvalue weighted by Crippen LogP contribution is -1.94. The summed E-state index contributed by atoms with van der Waals surface area (Å²) in [5, 5.41) is 10.6. The van der Waals surface area contributed by atoms with Gasteiger partial charge in [0.25, 0.3) is 5.69 Å². The zero-order chi connectivity index (χ0) is 13.1. The van der Waals surface area contributed by atoms with Crippen molar-refractivity contribution in [2.45, 2.75) is 0 Å². The van der Waals surface area contributed by atoms with Crippen LogP contribution >= 0.6 is 22.6 Å². The first-order valence-electron chi connectivity index (χ1n) is 5.04. The number of nitrogens with two attached hydrogens (primary N) is 1. The summed E-state index contributed by atoms with van der Waals surface area (Å²) in [5.41, 5.74) is 6.32. The Kier molecular flexibility index (Phi) is 3.66. The van der Waals surface area contributed by atoms with E-state index in [2.05, 4.69) is 0 Å². The quantitative estimate of drug-likeness (QED) is 0.395. The zero-order valence-corrected chi connectivity index (χ0v) is 11.3. The van der Waals surface area contributed by atoms with Gasteiger partial charge in [0, 0.05) is 12.1 Å². The van der Waals surface area contributed by atoms with Gasteiger partial charge in [0.1, 0.15) is 11.5 Å². The van der Waals surface area contributed by atoms with E-state index in [9.17, 15) is 10.1 Å². The molecule has 0 saturated heterocycles. The van der Waals surface area contributed by atoms with Gasteiger partial charge >= 0.3 is 0 Å². The number of halogens is 1. The Hall–Kier alpha value is -1.83. The van der Waals surface area contributed by atoms with Crippen molar-refractivity contribution in [1.82, 2.24) is 0 Å². The van der Waals surface area contributed by atoms with Crippen molar-refractivity contribution in [3.05, 3.63) is 56.1 Å². The summed E-state index contributed by atoms with van der Waals surface area (Å²) in [6.45, 7) is 0. The Morgan fingerprint density at radius 2 is 1.89 bits per heavy atom. The van der Waals surface area contributed by atoms with Gasteiger partial charge in [-0.3, -0.25) is 10.1 Å². The molecule has 2 aromatic carbocycles. The normalized spacial score (nSPS) is 10.1. The van der Waals surface area contributed by atoms with Gasteiger partial charge in [-0.2, -0.15) is 0 Å². The molecule has 0 radical (unpaired) electrons. The van der Waals surface area contributed by atoms with Crippen LogP contribution in [0.2, 0.25) is 0 Å². The highest BCUT2D eigenvalue weighted by atomic mass is 127. The molecule has 0 aromatic heterocycles. The fourth-order valence-electron chi connectivity index (χ4n) is 1.38. The van der Waals surface area contributed by atoms with Gasteiger partial charge in [-0.15, -0.1) is 0 Å². The van der Waals surface area contributed by atoms with Crippen LogP contribution in [0.15, 0.2) is 42.5 Å². The number of rotatable bonds is 3. The van der Waals surface area contributed by atoms with Crippen LogP contribution in [0.25, 0.3) is 0 Å². The Morgan fingerprint density at radius 1 is 1.17 bits per heavy atom. The number of ether oxygens (including phenoxy) is 1. The lowest BCUT2D eigenvalue weighted by Gasteiger charge is -2.09. The largest absolute Gasteiger partial charge is 0.454 e. The van der Waals surface area contributed by atoms with Crippen molar-refractivity contribution in [2.75, 3.05) is 5.73 Å². The third-order valence-corrected chi connectivity index (χ3v) is 3.11. The number of hydrogen-bond donors (Lipinski definition) is 1. The molecule has 92 valence electrons. The molecule has 2 rings (SSSR count). The lowest BCUT2D eigenvalue weighted by atomic mass is 10.3. The molecule has 0 aliphatic heterocycles. The predicted octanol–water partition coefficient (Wildman–Crippen LogP) is 3.57. The monoisotopic (exact) mass is 356 g/mol. The first-order chi connectivity index (χ1) is 8.58. The van der Waals surface area contributed by atoms with E-state index < -0.39 is 4.92 Å². The minimum Gasteiger partial charge on any atom is -0.454 e. The van der Waals surface area contributed by atoms with Gasteiger partial charge in [-0.25, -0.2) is 0 Å². The Morgan fingerprint density at radius 3 is 2.50 bits per heavy atom. The van der Waals surface area contributed by atoms with Crippen LogP contribution in [0, 0.1) is 13.7 Å². The van der Waals surface area contributed by atoms with E-state index in [1.54, 1.807) is 18.2 Å². The molecule has 0 aliphatic rings. The molecule has 0 saturated carbocycles. The summed E-state index contributed by atoms with van der Waals surface area (Å²) in [4.78, 5) is 10.2. The molecule has 0 aliphatic carbocycles. The Balaban J connectivity index is 2.30. The van der Waals surface area contributed by atoms with Gasteiger partial charge in [0.15, 0.2) is 0 Å². The van der Waals surface area contributed by atoms with Crippen LogP contribution in [0.1, 0.15) is 0 Å². The second-order valence-electron chi connectivity index (χ2n) is 3.51. The summed E-state index contributed by atoms with van der Waals surface area (Å²) in [6.07, 6.45) is 0. The Bertz CT molecular complexity index is 602. The van der Waals surface area contributed by atoms with Crippen LogP contribution in [0.5, 0.6) is 11.5 Å². The second-order valence-corrected chi connectivity index (χ2v) is 4.67. The number of benzene rings is 2. The molecule has 18 heavy (non-hydrogen) atoms. The molecule has 0 unspecified atom stereocenters. The van der Waals surface area contributed by atoms with E-state index in [1.165, 1.54) is 12.1 Å². The first-order valence-corrected chi connectivity index (χ1v) is 6.12. The maximum atomic E-state index is 10.6. The minimum absolute atomic E-state index is 0.0350. The first kappa shape index (κ1) is 12.6. The summed E-state index contributed by atoms with van der Waals surface area (Å²) >= 11 is 1.99. The number of nitro groups is 1. The number of nitro benzene ring substituents is 1. The summed E-state index contributed by atoms with van der Waals surface area (Å²) in [6, 6.07) is 11.5. The maximum absolute atomic E-state index is 10.6. The molecule has 6 heteroatoms. The average molecular weight is 356 g/mol. The molecule has 5 nitrogen and oxygen atoms in total. The van der Waals surface area contributed by atoms with Crippen molar-refractivity contribution >= 4 is 34.0 Å². The van der Waals surface area contributed by atoms with E-state index in [0.29, 0.717) is 20.8 Å². The molecule has 0 spiro atoms. The molecule has 0 fully saturated rings. The van der Waals surface area contributed by atoms with Crippen LogP contribution in [0.3, 0.4) is 0 Å². The minimum atomic E-state index is -0.442. The number of non-ortho nitro benzene ring substituents is 1. The van der Waals surface area contributed by atoms with E-state index in [1.807, 2.05) is 34.7 Å². The lowest BCUT2D eigenvalue weighted by molar-refractivity contribution is -0.385. The van der Waals surface area contributed by atoms with Crippen molar-refractivity contribution in [1.29, 1.82) is 0 Å². The van der Waals surface area contributed by atoms with Crippen LogP contribution < -0.4 is 10.5 Å². The number of nitrogen functional groups attached to an aromatic ring is 1. The fraction of sp³-hybridized carbons (Fsp3) is 0.